The number of hydrogen-bond acceptors (Lipinski definition) is 6. The highest BCUT2D eigenvalue weighted by molar-refractivity contribution is 6.05. The number of rotatable bonds is 7. The molecule has 2 heterocycles. The van der Waals surface area contributed by atoms with E-state index in [0.29, 0.717) is 47.4 Å². The second-order valence-corrected chi connectivity index (χ2v) is 6.75. The van der Waals surface area contributed by atoms with Gasteiger partial charge in [0.1, 0.15) is 12.4 Å². The smallest absolute Gasteiger partial charge is 0.262 e. The molecule has 2 amide bonds. The van der Waals surface area contributed by atoms with Gasteiger partial charge in [-0.2, -0.15) is 0 Å². The lowest BCUT2D eigenvalue weighted by molar-refractivity contribution is -0.118. The van der Waals surface area contributed by atoms with Crippen molar-refractivity contribution in [3.8, 4) is 17.2 Å². The molecule has 3 aromatic rings. The van der Waals surface area contributed by atoms with Crippen LogP contribution in [0.5, 0.6) is 17.2 Å². The third kappa shape index (κ3) is 4.92. The first-order chi connectivity index (χ1) is 15.1. The maximum atomic E-state index is 12.8. The molecule has 0 saturated carbocycles. The Balaban J connectivity index is 1.48. The van der Waals surface area contributed by atoms with Crippen LogP contribution in [0.3, 0.4) is 0 Å². The van der Waals surface area contributed by atoms with Crippen LogP contribution in [0, 0.1) is 0 Å². The first kappa shape index (κ1) is 20.2. The molecule has 31 heavy (non-hydrogen) atoms. The molecule has 2 N–H and O–H groups in total. The number of ether oxygens (including phenoxy) is 3. The number of amides is 2. The molecule has 1 aromatic heterocycles. The molecular weight excluding hydrogens is 398 g/mol. The van der Waals surface area contributed by atoms with Gasteiger partial charge in [-0.25, -0.2) is 0 Å². The Labute approximate surface area is 179 Å². The van der Waals surface area contributed by atoms with Crippen molar-refractivity contribution in [3.63, 3.8) is 0 Å². The lowest BCUT2D eigenvalue weighted by Crippen LogP contribution is -2.25. The molecule has 1 aliphatic heterocycles. The minimum atomic E-state index is -0.317. The van der Waals surface area contributed by atoms with Gasteiger partial charge in [-0.05, 0) is 49.4 Å². The summed E-state index contributed by atoms with van der Waals surface area (Å²) in [6.45, 7) is 2.61. The molecule has 0 atom stereocenters. The molecule has 8 heteroatoms. The van der Waals surface area contributed by atoms with E-state index in [2.05, 4.69) is 15.6 Å². The molecule has 0 saturated heterocycles. The maximum Gasteiger partial charge on any atom is 0.262 e. The fourth-order valence-electron chi connectivity index (χ4n) is 3.05. The zero-order valence-corrected chi connectivity index (χ0v) is 16.9. The molecule has 0 bridgehead atoms. The molecule has 0 fully saturated rings. The number of carbonyl (C=O) groups excluding carboxylic acids is 2. The van der Waals surface area contributed by atoms with Crippen LogP contribution in [0.1, 0.15) is 22.8 Å². The summed E-state index contributed by atoms with van der Waals surface area (Å²) in [4.78, 5) is 28.3. The van der Waals surface area contributed by atoms with Crippen LogP contribution >= 0.6 is 0 Å². The van der Waals surface area contributed by atoms with Crippen LogP contribution < -0.4 is 24.8 Å². The van der Waals surface area contributed by atoms with E-state index in [4.69, 9.17) is 14.2 Å². The van der Waals surface area contributed by atoms with Crippen molar-refractivity contribution < 1.29 is 23.8 Å². The van der Waals surface area contributed by atoms with E-state index < -0.39 is 0 Å². The van der Waals surface area contributed by atoms with Gasteiger partial charge in [-0.15, -0.1) is 0 Å². The van der Waals surface area contributed by atoms with Crippen molar-refractivity contribution in [1.82, 2.24) is 4.98 Å². The van der Waals surface area contributed by atoms with Gasteiger partial charge in [0.25, 0.3) is 11.8 Å². The summed E-state index contributed by atoms with van der Waals surface area (Å²) in [5.41, 5.74) is 2.39. The standard InChI is InChI=1S/C23H21N3O5/c1-2-29-21-10-16(5-7-20(21)30-13-15-4-3-9-24-12-15)23(28)25-17-6-8-19-18(11-17)26-22(27)14-31-19/h3-12H,2,13-14H2,1H3,(H,25,28)(H,26,27). The summed E-state index contributed by atoms with van der Waals surface area (Å²) in [7, 11) is 0. The van der Waals surface area contributed by atoms with Crippen molar-refractivity contribution in [2.24, 2.45) is 0 Å². The number of hydrogen-bond donors (Lipinski definition) is 2. The van der Waals surface area contributed by atoms with Gasteiger partial charge in [0.15, 0.2) is 18.1 Å². The quantitative estimate of drug-likeness (QED) is 0.607. The van der Waals surface area contributed by atoms with E-state index in [1.54, 1.807) is 48.8 Å². The van der Waals surface area contributed by atoms with E-state index in [9.17, 15) is 9.59 Å². The van der Waals surface area contributed by atoms with Gasteiger partial charge < -0.3 is 24.8 Å². The predicted molar refractivity (Wildman–Crippen MR) is 115 cm³/mol. The van der Waals surface area contributed by atoms with E-state index in [0.717, 1.165) is 5.56 Å². The fraction of sp³-hybridized carbons (Fsp3) is 0.174. The average Bonchev–Trinajstić information content (AvgIpc) is 2.79. The lowest BCUT2D eigenvalue weighted by Gasteiger charge is -2.18. The predicted octanol–water partition coefficient (Wildman–Crippen LogP) is 3.64. The van der Waals surface area contributed by atoms with E-state index in [1.165, 1.54) is 0 Å². The minimum Gasteiger partial charge on any atom is -0.490 e. The van der Waals surface area contributed by atoms with E-state index in [-0.39, 0.29) is 18.4 Å². The summed E-state index contributed by atoms with van der Waals surface area (Å²) < 4.78 is 16.9. The third-order valence-corrected chi connectivity index (χ3v) is 4.49. The first-order valence-electron chi connectivity index (χ1n) is 9.79. The zero-order chi connectivity index (χ0) is 21.6. The largest absolute Gasteiger partial charge is 0.490 e. The first-order valence-corrected chi connectivity index (χ1v) is 9.79. The molecule has 1 aliphatic rings. The normalized spacial score (nSPS) is 12.2. The van der Waals surface area contributed by atoms with Crippen LogP contribution in [-0.2, 0) is 11.4 Å². The number of pyridine rings is 1. The second kappa shape index (κ2) is 9.17. The van der Waals surface area contributed by atoms with Gasteiger partial charge in [-0.1, -0.05) is 6.07 Å². The topological polar surface area (TPSA) is 98.8 Å². The highest BCUT2D eigenvalue weighted by Crippen LogP contribution is 2.32. The number of nitrogens with one attached hydrogen (secondary N) is 2. The number of anilines is 2. The van der Waals surface area contributed by atoms with Crippen LogP contribution in [-0.4, -0.2) is 30.0 Å². The Kier molecular flexibility index (Phi) is 5.98. The highest BCUT2D eigenvalue weighted by atomic mass is 16.5. The van der Waals surface area contributed by atoms with Crippen molar-refractivity contribution in [3.05, 3.63) is 72.1 Å². The van der Waals surface area contributed by atoms with Gasteiger partial charge >= 0.3 is 0 Å². The Morgan fingerprint density at radius 3 is 2.87 bits per heavy atom. The summed E-state index contributed by atoms with van der Waals surface area (Å²) in [5, 5.41) is 5.54. The molecule has 0 spiro atoms. The molecule has 0 unspecified atom stereocenters. The van der Waals surface area contributed by atoms with Gasteiger partial charge in [0.05, 0.1) is 12.3 Å². The van der Waals surface area contributed by atoms with Crippen LogP contribution in [0.4, 0.5) is 11.4 Å². The van der Waals surface area contributed by atoms with Crippen molar-refractivity contribution in [1.29, 1.82) is 0 Å². The molecule has 158 valence electrons. The maximum absolute atomic E-state index is 12.8. The number of benzene rings is 2. The molecule has 4 rings (SSSR count). The van der Waals surface area contributed by atoms with E-state index in [1.807, 2.05) is 19.1 Å². The average molecular weight is 419 g/mol. The van der Waals surface area contributed by atoms with Gasteiger partial charge in [0, 0.05) is 29.2 Å². The van der Waals surface area contributed by atoms with Crippen molar-refractivity contribution in [2.75, 3.05) is 23.8 Å². The number of carbonyl (C=O) groups is 2. The third-order valence-electron chi connectivity index (χ3n) is 4.49. The highest BCUT2D eigenvalue weighted by Gasteiger charge is 2.17. The SMILES string of the molecule is CCOc1cc(C(=O)Nc2ccc3c(c2)NC(=O)CO3)ccc1OCc1cccnc1. The molecule has 2 aromatic carbocycles. The molecule has 8 nitrogen and oxygen atoms in total. The Hall–Kier alpha value is -4.07. The number of aromatic nitrogens is 1. The monoisotopic (exact) mass is 419 g/mol. The summed E-state index contributed by atoms with van der Waals surface area (Å²) in [6.07, 6.45) is 3.43. The Morgan fingerprint density at radius 1 is 1.16 bits per heavy atom. The Bertz CT molecular complexity index is 1100. The summed E-state index contributed by atoms with van der Waals surface area (Å²) in [6, 6.07) is 13.8. The fourth-order valence-corrected chi connectivity index (χ4v) is 3.05. The van der Waals surface area contributed by atoms with Crippen molar-refractivity contribution >= 4 is 23.2 Å². The van der Waals surface area contributed by atoms with Gasteiger partial charge in [0.2, 0.25) is 0 Å². The minimum absolute atomic E-state index is 0.0197. The Morgan fingerprint density at radius 2 is 2.06 bits per heavy atom. The lowest BCUT2D eigenvalue weighted by atomic mass is 10.1. The summed E-state index contributed by atoms with van der Waals surface area (Å²) in [5.74, 6) is 1.02. The van der Waals surface area contributed by atoms with Crippen LogP contribution in [0.25, 0.3) is 0 Å². The van der Waals surface area contributed by atoms with Crippen LogP contribution in [0.15, 0.2) is 60.9 Å². The van der Waals surface area contributed by atoms with E-state index >= 15 is 0 Å². The van der Waals surface area contributed by atoms with Gasteiger partial charge in [-0.3, -0.25) is 14.6 Å². The summed E-state index contributed by atoms with van der Waals surface area (Å²) >= 11 is 0. The molecular formula is C23H21N3O5. The molecule has 0 aliphatic carbocycles. The van der Waals surface area contributed by atoms with Crippen LogP contribution in [0.2, 0.25) is 0 Å². The number of fused-ring (bicyclic) bond motifs is 1. The molecule has 0 radical (unpaired) electrons. The van der Waals surface area contributed by atoms with Crippen molar-refractivity contribution in [2.45, 2.75) is 13.5 Å². The zero-order valence-electron chi connectivity index (χ0n) is 16.9. The second-order valence-electron chi connectivity index (χ2n) is 6.75. The number of nitrogens with zero attached hydrogens (tertiary/aromatic N) is 1.